The molecule has 1 fully saturated rings. The van der Waals surface area contributed by atoms with Gasteiger partial charge in [0.1, 0.15) is 0 Å². The maximum atomic E-state index is 12.3. The fourth-order valence-electron chi connectivity index (χ4n) is 3.57. The number of esters is 1. The number of likely N-dealkylation sites (N-methyl/N-ethyl adjacent to an activating group) is 1. The molecule has 1 aliphatic carbocycles. The Morgan fingerprint density at radius 3 is 2.64 bits per heavy atom. The summed E-state index contributed by atoms with van der Waals surface area (Å²) in [6, 6.07) is 5.71. The van der Waals surface area contributed by atoms with Crippen molar-refractivity contribution in [3.05, 3.63) is 35.0 Å². The maximum absolute atomic E-state index is 12.3. The molecule has 5 heteroatoms. The summed E-state index contributed by atoms with van der Waals surface area (Å²) in [6.45, 7) is 3.83. The minimum Gasteiger partial charge on any atom is -0.452 e. The van der Waals surface area contributed by atoms with E-state index in [0.29, 0.717) is 5.56 Å². The number of benzene rings is 1. The average molecular weight is 342 g/mol. The molecule has 0 saturated heterocycles. The highest BCUT2D eigenvalue weighted by Gasteiger charge is 2.23. The van der Waals surface area contributed by atoms with Gasteiger partial charge in [-0.05, 0) is 50.5 Å². The van der Waals surface area contributed by atoms with E-state index in [1.807, 2.05) is 33.0 Å². The lowest BCUT2D eigenvalue weighted by Gasteiger charge is -2.31. The molecule has 1 aromatic carbocycles. The van der Waals surface area contributed by atoms with Crippen LogP contribution in [0.3, 0.4) is 0 Å². The van der Waals surface area contributed by atoms with Crippen molar-refractivity contribution in [1.82, 2.24) is 9.88 Å². The number of hydrogen-bond donors (Lipinski definition) is 1. The van der Waals surface area contributed by atoms with Gasteiger partial charge in [0.15, 0.2) is 6.61 Å². The summed E-state index contributed by atoms with van der Waals surface area (Å²) >= 11 is 0. The first-order valence-corrected chi connectivity index (χ1v) is 8.99. The molecule has 0 bridgehead atoms. The first kappa shape index (κ1) is 17.5. The van der Waals surface area contributed by atoms with Gasteiger partial charge in [0.05, 0.1) is 5.56 Å². The number of ether oxygens (including phenoxy) is 1. The van der Waals surface area contributed by atoms with Gasteiger partial charge >= 0.3 is 5.97 Å². The molecular weight excluding hydrogens is 316 g/mol. The zero-order valence-electron chi connectivity index (χ0n) is 15.2. The van der Waals surface area contributed by atoms with Crippen LogP contribution in [0.15, 0.2) is 18.2 Å². The fraction of sp³-hybridized carbons (Fsp3) is 0.500. The van der Waals surface area contributed by atoms with E-state index in [9.17, 15) is 9.59 Å². The predicted octanol–water partition coefficient (Wildman–Crippen LogP) is 3.73. The third-order valence-corrected chi connectivity index (χ3v) is 5.39. The van der Waals surface area contributed by atoms with Crippen LogP contribution in [0.5, 0.6) is 0 Å². The van der Waals surface area contributed by atoms with Crippen molar-refractivity contribution in [1.29, 1.82) is 0 Å². The Kier molecular flexibility index (Phi) is 5.11. The summed E-state index contributed by atoms with van der Waals surface area (Å²) in [6.07, 6.45) is 5.65. The number of hydrogen-bond acceptors (Lipinski definition) is 3. The van der Waals surface area contributed by atoms with Crippen molar-refractivity contribution in [2.24, 2.45) is 0 Å². The first-order valence-electron chi connectivity index (χ1n) is 8.99. The first-order chi connectivity index (χ1) is 12.0. The van der Waals surface area contributed by atoms with Gasteiger partial charge in [0.25, 0.3) is 5.91 Å². The van der Waals surface area contributed by atoms with Crippen LogP contribution in [-0.2, 0) is 9.53 Å². The molecule has 1 N–H and O–H groups in total. The molecule has 2 aromatic rings. The minimum atomic E-state index is -0.453. The molecule has 0 aliphatic heterocycles. The highest BCUT2D eigenvalue weighted by atomic mass is 16.5. The standard InChI is InChI=1S/C20H26N2O3/c1-13-14(2)21-18-10-9-15(11-17(13)18)20(24)25-12-19(23)22(3)16-7-5-4-6-8-16/h9-11,16,21H,4-8,12H2,1-3H3. The number of H-pyrrole nitrogens is 1. The van der Waals surface area contributed by atoms with Gasteiger partial charge in [-0.15, -0.1) is 0 Å². The van der Waals surface area contributed by atoms with E-state index in [1.165, 1.54) is 6.42 Å². The monoisotopic (exact) mass is 342 g/mol. The van der Waals surface area contributed by atoms with E-state index >= 15 is 0 Å². The number of amides is 1. The Morgan fingerprint density at radius 2 is 1.92 bits per heavy atom. The molecule has 1 heterocycles. The van der Waals surface area contributed by atoms with Gasteiger partial charge < -0.3 is 14.6 Å². The van der Waals surface area contributed by atoms with Gasteiger partial charge in [-0.2, -0.15) is 0 Å². The zero-order chi connectivity index (χ0) is 18.0. The molecule has 0 spiro atoms. The molecule has 1 saturated carbocycles. The van der Waals surface area contributed by atoms with Crippen LogP contribution in [0.2, 0.25) is 0 Å². The average Bonchev–Trinajstić information content (AvgIpc) is 2.93. The summed E-state index contributed by atoms with van der Waals surface area (Å²) in [5, 5.41) is 1.01. The van der Waals surface area contributed by atoms with Crippen LogP contribution >= 0.6 is 0 Å². The summed E-state index contributed by atoms with van der Waals surface area (Å²) in [4.78, 5) is 29.6. The Hall–Kier alpha value is -2.30. The van der Waals surface area contributed by atoms with Gasteiger partial charge in [-0.25, -0.2) is 4.79 Å². The second-order valence-electron chi connectivity index (χ2n) is 7.01. The number of aromatic nitrogens is 1. The van der Waals surface area contributed by atoms with Gasteiger partial charge in [-0.3, -0.25) is 4.79 Å². The smallest absolute Gasteiger partial charge is 0.338 e. The summed E-state index contributed by atoms with van der Waals surface area (Å²) < 4.78 is 5.26. The highest BCUT2D eigenvalue weighted by Crippen LogP contribution is 2.23. The number of aromatic amines is 1. The molecule has 0 unspecified atom stereocenters. The fourth-order valence-corrected chi connectivity index (χ4v) is 3.57. The topological polar surface area (TPSA) is 62.4 Å². The second kappa shape index (κ2) is 7.30. The van der Waals surface area contributed by atoms with Crippen molar-refractivity contribution in [2.75, 3.05) is 13.7 Å². The number of nitrogens with zero attached hydrogens (tertiary/aromatic N) is 1. The van der Waals surface area contributed by atoms with Crippen LogP contribution in [0, 0.1) is 13.8 Å². The lowest BCUT2D eigenvalue weighted by Crippen LogP contribution is -2.40. The molecule has 134 valence electrons. The van der Waals surface area contributed by atoms with E-state index < -0.39 is 5.97 Å². The third kappa shape index (κ3) is 3.70. The van der Waals surface area contributed by atoms with Crippen LogP contribution in [-0.4, -0.2) is 41.5 Å². The molecule has 0 atom stereocenters. The zero-order valence-corrected chi connectivity index (χ0v) is 15.2. The predicted molar refractivity (Wildman–Crippen MR) is 97.7 cm³/mol. The van der Waals surface area contributed by atoms with Crippen LogP contribution in [0.25, 0.3) is 10.9 Å². The molecule has 1 aliphatic rings. The largest absolute Gasteiger partial charge is 0.452 e. The Morgan fingerprint density at radius 1 is 1.20 bits per heavy atom. The Bertz CT molecular complexity index is 788. The van der Waals surface area contributed by atoms with Gasteiger partial charge in [0, 0.05) is 29.7 Å². The minimum absolute atomic E-state index is 0.130. The van der Waals surface area contributed by atoms with Crippen molar-refractivity contribution >= 4 is 22.8 Å². The molecule has 3 rings (SSSR count). The molecule has 0 radical (unpaired) electrons. The number of rotatable bonds is 4. The molecule has 25 heavy (non-hydrogen) atoms. The summed E-state index contributed by atoms with van der Waals surface area (Å²) in [5.41, 5.74) is 3.69. The van der Waals surface area contributed by atoms with E-state index in [0.717, 1.165) is 47.8 Å². The van der Waals surface area contributed by atoms with Crippen LogP contribution in [0.4, 0.5) is 0 Å². The van der Waals surface area contributed by atoms with Crippen molar-refractivity contribution in [3.8, 4) is 0 Å². The molecular formula is C20H26N2O3. The van der Waals surface area contributed by atoms with Crippen LogP contribution < -0.4 is 0 Å². The summed E-state index contributed by atoms with van der Waals surface area (Å²) in [7, 11) is 1.81. The Labute approximate surface area is 148 Å². The van der Waals surface area contributed by atoms with Crippen molar-refractivity contribution in [2.45, 2.75) is 52.0 Å². The maximum Gasteiger partial charge on any atom is 0.338 e. The number of aryl methyl sites for hydroxylation is 2. The second-order valence-corrected chi connectivity index (χ2v) is 7.01. The van der Waals surface area contributed by atoms with Crippen LogP contribution in [0.1, 0.15) is 53.7 Å². The normalized spacial score (nSPS) is 15.3. The lowest BCUT2D eigenvalue weighted by molar-refractivity contribution is -0.135. The summed E-state index contributed by atoms with van der Waals surface area (Å²) in [5.74, 6) is -0.583. The SMILES string of the molecule is Cc1[nH]c2ccc(C(=O)OCC(=O)N(C)C3CCCCC3)cc2c1C. The van der Waals surface area contributed by atoms with Crippen molar-refractivity contribution in [3.63, 3.8) is 0 Å². The number of fused-ring (bicyclic) bond motifs is 1. The third-order valence-electron chi connectivity index (χ3n) is 5.39. The molecule has 1 amide bonds. The van der Waals surface area contributed by atoms with E-state index in [1.54, 1.807) is 11.0 Å². The Balaban J connectivity index is 1.62. The van der Waals surface area contributed by atoms with E-state index in [4.69, 9.17) is 4.74 Å². The van der Waals surface area contributed by atoms with Crippen molar-refractivity contribution < 1.29 is 14.3 Å². The molecule has 5 nitrogen and oxygen atoms in total. The highest BCUT2D eigenvalue weighted by molar-refractivity contribution is 5.96. The number of nitrogens with one attached hydrogen (secondary N) is 1. The van der Waals surface area contributed by atoms with E-state index in [-0.39, 0.29) is 18.6 Å². The lowest BCUT2D eigenvalue weighted by atomic mass is 9.94. The molecule has 1 aromatic heterocycles. The van der Waals surface area contributed by atoms with E-state index in [2.05, 4.69) is 4.98 Å². The quantitative estimate of drug-likeness (QED) is 0.861. The van der Waals surface area contributed by atoms with Gasteiger partial charge in [-0.1, -0.05) is 19.3 Å². The number of carbonyl (C=O) groups is 2. The van der Waals surface area contributed by atoms with Gasteiger partial charge in [0.2, 0.25) is 0 Å². The number of carbonyl (C=O) groups excluding carboxylic acids is 2.